The molecule has 7 nitrogen and oxygen atoms in total. The van der Waals surface area contributed by atoms with Crippen molar-refractivity contribution in [2.75, 3.05) is 26.2 Å². The number of piperazine rings is 1. The summed E-state index contributed by atoms with van der Waals surface area (Å²) in [5.41, 5.74) is 0.612. The Hall–Kier alpha value is -2.14. The van der Waals surface area contributed by atoms with E-state index in [1.54, 1.807) is 6.20 Å². The smallest absolute Gasteiger partial charge is 0.258 e. The summed E-state index contributed by atoms with van der Waals surface area (Å²) in [6.07, 6.45) is 1.70. The Morgan fingerprint density at radius 1 is 1.19 bits per heavy atom. The molecule has 3 aromatic rings. The number of nitrogens with one attached hydrogen (secondary N) is 1. The first kappa shape index (κ1) is 18.2. The second-order valence-corrected chi connectivity index (χ2v) is 9.24. The fraction of sp³-hybridized carbons (Fsp3) is 0.294. The molecule has 142 valence electrons. The van der Waals surface area contributed by atoms with Crippen molar-refractivity contribution in [3.63, 3.8) is 0 Å². The number of rotatable bonds is 4. The zero-order valence-electron chi connectivity index (χ0n) is 14.3. The molecule has 1 aliphatic heterocycles. The third kappa shape index (κ3) is 3.65. The first-order chi connectivity index (χ1) is 12.9. The number of nitrogens with zero attached hydrogens (tertiary/aromatic N) is 3. The van der Waals surface area contributed by atoms with E-state index < -0.39 is 15.8 Å². The zero-order chi connectivity index (χ0) is 19.0. The van der Waals surface area contributed by atoms with Crippen LogP contribution in [0.15, 0.2) is 51.6 Å². The average molecular weight is 409 g/mol. The average Bonchev–Trinajstić information content (AvgIpc) is 3.12. The van der Waals surface area contributed by atoms with E-state index in [0.29, 0.717) is 43.4 Å². The molecule has 1 aromatic carbocycles. The van der Waals surface area contributed by atoms with Gasteiger partial charge in [0, 0.05) is 17.6 Å². The number of benzene rings is 1. The molecule has 0 radical (unpaired) electrons. The summed E-state index contributed by atoms with van der Waals surface area (Å²) in [6, 6.07) is 6.42. The Morgan fingerprint density at radius 3 is 2.59 bits per heavy atom. The van der Waals surface area contributed by atoms with Crippen LogP contribution in [0.2, 0.25) is 0 Å². The molecule has 0 amide bonds. The molecule has 0 atom stereocenters. The molecule has 0 bridgehead atoms. The van der Waals surface area contributed by atoms with Crippen molar-refractivity contribution < 1.29 is 17.7 Å². The summed E-state index contributed by atoms with van der Waals surface area (Å²) in [7, 11) is -3.62. The molecule has 3 heterocycles. The quantitative estimate of drug-likeness (QED) is 0.658. The van der Waals surface area contributed by atoms with Crippen molar-refractivity contribution in [2.45, 2.75) is 11.4 Å². The van der Waals surface area contributed by atoms with Crippen LogP contribution >= 0.6 is 11.3 Å². The molecule has 1 saturated heterocycles. The van der Waals surface area contributed by atoms with Crippen molar-refractivity contribution in [1.29, 1.82) is 0 Å². The van der Waals surface area contributed by atoms with Crippen LogP contribution in [0.1, 0.15) is 5.69 Å². The minimum Gasteiger partial charge on any atom is -0.328 e. The molecule has 1 aliphatic rings. The lowest BCUT2D eigenvalue weighted by Crippen LogP contribution is -3.13. The molecule has 0 spiro atoms. The number of fused-ring (bicyclic) bond motifs is 1. The molecule has 4 rings (SSSR count). The SMILES string of the molecule is O=c1cc(C[NH+]2CCN(S(=O)(=O)c3ccc(F)cc3)CC2)nc2sccn12. The van der Waals surface area contributed by atoms with Crippen LogP contribution in [0.5, 0.6) is 0 Å². The second kappa shape index (κ2) is 7.12. The van der Waals surface area contributed by atoms with Gasteiger partial charge in [0.2, 0.25) is 10.0 Å². The molecule has 27 heavy (non-hydrogen) atoms. The van der Waals surface area contributed by atoms with Crippen molar-refractivity contribution in [1.82, 2.24) is 13.7 Å². The summed E-state index contributed by atoms with van der Waals surface area (Å²) >= 11 is 1.41. The highest BCUT2D eigenvalue weighted by molar-refractivity contribution is 7.89. The third-order valence-corrected chi connectivity index (χ3v) is 7.34. The van der Waals surface area contributed by atoms with E-state index in [-0.39, 0.29) is 10.5 Å². The Balaban J connectivity index is 1.43. The molecule has 10 heteroatoms. The maximum Gasteiger partial charge on any atom is 0.258 e. The number of hydrogen-bond acceptors (Lipinski definition) is 5. The largest absolute Gasteiger partial charge is 0.328 e. The minimum atomic E-state index is -3.62. The molecule has 0 saturated carbocycles. The lowest BCUT2D eigenvalue weighted by Gasteiger charge is -2.31. The monoisotopic (exact) mass is 409 g/mol. The molecular weight excluding hydrogens is 391 g/mol. The van der Waals surface area contributed by atoms with Gasteiger partial charge in [-0.1, -0.05) is 0 Å². The molecule has 0 aliphatic carbocycles. The van der Waals surface area contributed by atoms with Gasteiger partial charge in [0.15, 0.2) is 4.96 Å². The van der Waals surface area contributed by atoms with Gasteiger partial charge in [-0.3, -0.25) is 9.20 Å². The van der Waals surface area contributed by atoms with Crippen molar-refractivity contribution in [3.05, 3.63) is 63.8 Å². The maximum atomic E-state index is 13.0. The topological polar surface area (TPSA) is 76.2 Å². The van der Waals surface area contributed by atoms with Crippen LogP contribution in [-0.2, 0) is 16.6 Å². The van der Waals surface area contributed by atoms with Crippen molar-refractivity contribution in [3.8, 4) is 0 Å². The maximum absolute atomic E-state index is 13.0. The fourth-order valence-electron chi connectivity index (χ4n) is 3.21. The Kier molecular flexibility index (Phi) is 4.81. The Morgan fingerprint density at radius 2 is 1.89 bits per heavy atom. The van der Waals surface area contributed by atoms with Gasteiger partial charge >= 0.3 is 0 Å². The molecule has 1 N–H and O–H groups in total. The van der Waals surface area contributed by atoms with E-state index in [1.165, 1.54) is 43.1 Å². The summed E-state index contributed by atoms with van der Waals surface area (Å²) < 4.78 is 41.3. The van der Waals surface area contributed by atoms with Crippen LogP contribution < -0.4 is 10.5 Å². The lowest BCUT2D eigenvalue weighted by atomic mass is 10.3. The van der Waals surface area contributed by atoms with Gasteiger partial charge in [-0.15, -0.1) is 11.3 Å². The number of hydrogen-bond donors (Lipinski definition) is 1. The van der Waals surface area contributed by atoms with E-state index in [1.807, 2.05) is 5.38 Å². The van der Waals surface area contributed by atoms with Gasteiger partial charge in [-0.2, -0.15) is 4.31 Å². The highest BCUT2D eigenvalue weighted by Gasteiger charge is 2.30. The van der Waals surface area contributed by atoms with E-state index >= 15 is 0 Å². The summed E-state index contributed by atoms with van der Waals surface area (Å²) in [5.74, 6) is -0.464. The van der Waals surface area contributed by atoms with Gasteiger partial charge in [0.25, 0.3) is 5.56 Å². The lowest BCUT2D eigenvalue weighted by molar-refractivity contribution is -0.917. The second-order valence-electron chi connectivity index (χ2n) is 6.43. The number of halogens is 1. The Labute approximate surface area is 159 Å². The summed E-state index contributed by atoms with van der Waals surface area (Å²) in [6.45, 7) is 2.55. The predicted octanol–water partition coefficient (Wildman–Crippen LogP) is -0.0155. The normalized spacial score (nSPS) is 16.8. The number of aromatic nitrogens is 2. The summed E-state index contributed by atoms with van der Waals surface area (Å²) in [5, 5.41) is 1.82. The van der Waals surface area contributed by atoms with E-state index in [9.17, 15) is 17.6 Å². The van der Waals surface area contributed by atoms with E-state index in [4.69, 9.17) is 0 Å². The molecule has 0 unspecified atom stereocenters. The molecular formula is C17H18FN4O3S2+. The number of thiazole rings is 1. The zero-order valence-corrected chi connectivity index (χ0v) is 16.0. The van der Waals surface area contributed by atoms with Crippen LogP contribution in [0.25, 0.3) is 4.96 Å². The van der Waals surface area contributed by atoms with Gasteiger partial charge in [0.1, 0.15) is 18.1 Å². The highest BCUT2D eigenvalue weighted by atomic mass is 32.2. The van der Waals surface area contributed by atoms with Gasteiger partial charge in [-0.25, -0.2) is 17.8 Å². The minimum absolute atomic E-state index is 0.102. The predicted molar refractivity (Wildman–Crippen MR) is 98.9 cm³/mol. The van der Waals surface area contributed by atoms with Crippen LogP contribution in [0.4, 0.5) is 4.39 Å². The van der Waals surface area contributed by atoms with Crippen LogP contribution in [0, 0.1) is 5.82 Å². The van der Waals surface area contributed by atoms with Crippen molar-refractivity contribution in [2.24, 2.45) is 0 Å². The fourth-order valence-corrected chi connectivity index (χ4v) is 5.39. The van der Waals surface area contributed by atoms with E-state index in [0.717, 1.165) is 12.1 Å². The highest BCUT2D eigenvalue weighted by Crippen LogP contribution is 2.16. The number of sulfonamides is 1. The standard InChI is InChI=1S/C17H17FN4O3S2/c18-13-1-3-15(4-2-13)27(24,25)21-7-5-20(6-8-21)12-14-11-16(23)22-9-10-26-17(22)19-14/h1-4,9-11H,5-8,12H2/p+1. The van der Waals surface area contributed by atoms with Gasteiger partial charge < -0.3 is 4.90 Å². The van der Waals surface area contributed by atoms with Crippen LogP contribution in [-0.4, -0.2) is 48.3 Å². The Bertz CT molecular complexity index is 1120. The van der Waals surface area contributed by atoms with Gasteiger partial charge in [-0.05, 0) is 24.3 Å². The third-order valence-electron chi connectivity index (χ3n) is 4.67. The van der Waals surface area contributed by atoms with E-state index in [2.05, 4.69) is 4.98 Å². The summed E-state index contributed by atoms with van der Waals surface area (Å²) in [4.78, 5) is 18.5. The molecule has 2 aromatic heterocycles. The number of quaternary nitrogens is 1. The molecule has 1 fully saturated rings. The van der Waals surface area contributed by atoms with Crippen LogP contribution in [0.3, 0.4) is 0 Å². The first-order valence-electron chi connectivity index (χ1n) is 8.48. The first-order valence-corrected chi connectivity index (χ1v) is 10.8. The van der Waals surface area contributed by atoms with Crippen molar-refractivity contribution >= 4 is 26.3 Å². The van der Waals surface area contributed by atoms with Gasteiger partial charge in [0.05, 0.1) is 31.1 Å².